The molecule has 1 aromatic rings. The number of halogens is 2. The number of phenolic OH excluding ortho intramolecular Hbond substituents is 1. The molecule has 0 atom stereocenters. The van der Waals surface area contributed by atoms with Crippen LogP contribution in [-0.4, -0.2) is 23.4 Å². The van der Waals surface area contributed by atoms with E-state index in [4.69, 9.17) is 11.6 Å². The maximum Gasteiger partial charge on any atom is 0.255 e. The molecule has 0 saturated heterocycles. The van der Waals surface area contributed by atoms with Crippen LogP contribution in [0.2, 0.25) is 0 Å². The summed E-state index contributed by atoms with van der Waals surface area (Å²) in [5, 5.41) is 12.0. The average Bonchev–Trinajstić information content (AvgIpc) is 2.29. The fourth-order valence-electron chi connectivity index (χ4n) is 1.15. The molecule has 0 bridgehead atoms. The highest BCUT2D eigenvalue weighted by Gasteiger charge is 2.19. The first-order chi connectivity index (χ1) is 7.85. The van der Waals surface area contributed by atoms with Crippen molar-refractivity contribution in [3.63, 3.8) is 0 Å². The van der Waals surface area contributed by atoms with Crippen LogP contribution in [0, 0.1) is 11.2 Å². The van der Waals surface area contributed by atoms with Crippen LogP contribution in [-0.2, 0) is 0 Å². The number of aromatic hydroxyl groups is 1. The van der Waals surface area contributed by atoms with Gasteiger partial charge in [-0.3, -0.25) is 4.79 Å². The SMILES string of the molecule is CC(C)(CCl)CNC(=O)c1cc(F)ccc1O. The number of benzene rings is 1. The molecule has 3 nitrogen and oxygen atoms in total. The Morgan fingerprint density at radius 2 is 2.18 bits per heavy atom. The van der Waals surface area contributed by atoms with Gasteiger partial charge in [0, 0.05) is 12.4 Å². The first-order valence-electron chi connectivity index (χ1n) is 5.18. The van der Waals surface area contributed by atoms with Crippen molar-refractivity contribution in [2.75, 3.05) is 12.4 Å². The fourth-order valence-corrected chi connectivity index (χ4v) is 1.25. The molecule has 0 radical (unpaired) electrons. The molecule has 94 valence electrons. The average molecular weight is 260 g/mol. The number of rotatable bonds is 4. The molecule has 5 heteroatoms. The Labute approximate surface area is 105 Å². The van der Waals surface area contributed by atoms with Crippen molar-refractivity contribution in [2.24, 2.45) is 5.41 Å². The molecule has 0 saturated carbocycles. The van der Waals surface area contributed by atoms with Gasteiger partial charge in [0.05, 0.1) is 5.56 Å². The van der Waals surface area contributed by atoms with Crippen LogP contribution in [0.5, 0.6) is 5.75 Å². The van der Waals surface area contributed by atoms with Crippen molar-refractivity contribution in [3.05, 3.63) is 29.6 Å². The van der Waals surface area contributed by atoms with Crippen molar-refractivity contribution in [2.45, 2.75) is 13.8 Å². The number of hydrogen-bond donors (Lipinski definition) is 2. The van der Waals surface area contributed by atoms with Crippen molar-refractivity contribution in [1.82, 2.24) is 5.32 Å². The first kappa shape index (κ1) is 13.8. The van der Waals surface area contributed by atoms with Gasteiger partial charge in [0.1, 0.15) is 11.6 Å². The van der Waals surface area contributed by atoms with Crippen LogP contribution >= 0.6 is 11.6 Å². The smallest absolute Gasteiger partial charge is 0.255 e. The van der Waals surface area contributed by atoms with Crippen molar-refractivity contribution < 1.29 is 14.3 Å². The van der Waals surface area contributed by atoms with E-state index in [9.17, 15) is 14.3 Å². The normalized spacial score (nSPS) is 11.3. The van der Waals surface area contributed by atoms with E-state index in [-0.39, 0.29) is 16.7 Å². The standard InChI is InChI=1S/C12H15ClFNO2/c1-12(2,6-13)7-15-11(17)9-5-8(14)3-4-10(9)16/h3-5,16H,6-7H2,1-2H3,(H,15,17). The summed E-state index contributed by atoms with van der Waals surface area (Å²) in [4.78, 5) is 11.7. The minimum Gasteiger partial charge on any atom is -0.507 e. The van der Waals surface area contributed by atoms with Gasteiger partial charge in [0.15, 0.2) is 0 Å². The second-order valence-electron chi connectivity index (χ2n) is 4.64. The third-order valence-corrected chi connectivity index (χ3v) is 3.02. The van der Waals surface area contributed by atoms with E-state index in [0.29, 0.717) is 12.4 Å². The second-order valence-corrected chi connectivity index (χ2v) is 4.91. The Morgan fingerprint density at radius 3 is 2.76 bits per heavy atom. The van der Waals surface area contributed by atoms with Crippen LogP contribution in [0.3, 0.4) is 0 Å². The van der Waals surface area contributed by atoms with Crippen LogP contribution in [0.15, 0.2) is 18.2 Å². The van der Waals surface area contributed by atoms with E-state index in [0.717, 1.165) is 18.2 Å². The second kappa shape index (κ2) is 5.36. The minimum absolute atomic E-state index is 0.0737. The number of nitrogens with one attached hydrogen (secondary N) is 1. The van der Waals surface area contributed by atoms with E-state index in [1.807, 2.05) is 13.8 Å². The van der Waals surface area contributed by atoms with Gasteiger partial charge < -0.3 is 10.4 Å². The highest BCUT2D eigenvalue weighted by atomic mass is 35.5. The Hall–Kier alpha value is -1.29. The van der Waals surface area contributed by atoms with Gasteiger partial charge in [-0.15, -0.1) is 11.6 Å². The van der Waals surface area contributed by atoms with Crippen LogP contribution in [0.4, 0.5) is 4.39 Å². The summed E-state index contributed by atoms with van der Waals surface area (Å²) in [6, 6.07) is 3.24. The summed E-state index contributed by atoms with van der Waals surface area (Å²) < 4.78 is 12.9. The lowest BCUT2D eigenvalue weighted by Gasteiger charge is -2.21. The van der Waals surface area contributed by atoms with E-state index in [1.165, 1.54) is 0 Å². The minimum atomic E-state index is -0.565. The zero-order valence-electron chi connectivity index (χ0n) is 9.76. The van der Waals surface area contributed by atoms with Gasteiger partial charge in [-0.05, 0) is 23.6 Å². The van der Waals surface area contributed by atoms with Gasteiger partial charge in [-0.2, -0.15) is 0 Å². The summed E-state index contributed by atoms with van der Waals surface area (Å²) in [7, 11) is 0. The van der Waals surface area contributed by atoms with Gasteiger partial charge in [-0.1, -0.05) is 13.8 Å². The lowest BCUT2D eigenvalue weighted by Crippen LogP contribution is -2.35. The molecule has 0 aliphatic rings. The molecule has 17 heavy (non-hydrogen) atoms. The third-order valence-electron chi connectivity index (χ3n) is 2.29. The Kier molecular flexibility index (Phi) is 4.34. The molecule has 1 amide bonds. The van der Waals surface area contributed by atoms with E-state index in [2.05, 4.69) is 5.32 Å². The Bertz CT molecular complexity index is 421. The quantitative estimate of drug-likeness (QED) is 0.817. The van der Waals surface area contributed by atoms with Crippen LogP contribution in [0.1, 0.15) is 24.2 Å². The molecule has 1 aromatic carbocycles. The zero-order valence-corrected chi connectivity index (χ0v) is 10.5. The molecule has 0 unspecified atom stereocenters. The highest BCUT2D eigenvalue weighted by molar-refractivity contribution is 6.18. The topological polar surface area (TPSA) is 49.3 Å². The Balaban J connectivity index is 2.74. The largest absolute Gasteiger partial charge is 0.507 e. The summed E-state index contributed by atoms with van der Waals surface area (Å²) in [5.41, 5.74) is -0.324. The molecule has 0 fully saturated rings. The Morgan fingerprint density at radius 1 is 1.53 bits per heavy atom. The lowest BCUT2D eigenvalue weighted by atomic mass is 9.96. The molecule has 0 aliphatic carbocycles. The molecule has 0 spiro atoms. The third kappa shape index (κ3) is 3.89. The van der Waals surface area contributed by atoms with Gasteiger partial charge in [-0.25, -0.2) is 4.39 Å². The molecule has 0 aliphatic heterocycles. The van der Waals surface area contributed by atoms with Gasteiger partial charge in [0.25, 0.3) is 5.91 Å². The molecular formula is C12H15ClFNO2. The molecule has 0 heterocycles. The summed E-state index contributed by atoms with van der Waals surface area (Å²) >= 11 is 5.72. The van der Waals surface area contributed by atoms with Gasteiger partial charge in [0.2, 0.25) is 0 Å². The van der Waals surface area contributed by atoms with Crippen LogP contribution < -0.4 is 5.32 Å². The van der Waals surface area contributed by atoms with E-state index < -0.39 is 11.7 Å². The zero-order chi connectivity index (χ0) is 13.1. The highest BCUT2D eigenvalue weighted by Crippen LogP contribution is 2.19. The number of hydrogen-bond acceptors (Lipinski definition) is 2. The maximum atomic E-state index is 12.9. The fraction of sp³-hybridized carbons (Fsp3) is 0.417. The predicted octanol–water partition coefficient (Wildman–Crippen LogP) is 2.53. The van der Waals surface area contributed by atoms with Crippen molar-refractivity contribution in [3.8, 4) is 5.75 Å². The maximum absolute atomic E-state index is 12.9. The van der Waals surface area contributed by atoms with Crippen LogP contribution in [0.25, 0.3) is 0 Å². The van der Waals surface area contributed by atoms with Gasteiger partial charge >= 0.3 is 0 Å². The summed E-state index contributed by atoms with van der Waals surface area (Å²) in [6.07, 6.45) is 0. The van der Waals surface area contributed by atoms with E-state index >= 15 is 0 Å². The summed E-state index contributed by atoms with van der Waals surface area (Å²) in [5.74, 6) is -0.931. The monoisotopic (exact) mass is 259 g/mol. The molecule has 0 aromatic heterocycles. The summed E-state index contributed by atoms with van der Waals surface area (Å²) in [6.45, 7) is 4.14. The number of phenols is 1. The number of carbonyl (C=O) groups excluding carboxylic acids is 1. The molecular weight excluding hydrogens is 245 g/mol. The number of amides is 1. The first-order valence-corrected chi connectivity index (χ1v) is 5.72. The lowest BCUT2D eigenvalue weighted by molar-refractivity contribution is 0.0936. The molecule has 2 N–H and O–H groups in total. The number of carbonyl (C=O) groups is 1. The predicted molar refractivity (Wildman–Crippen MR) is 64.9 cm³/mol. The number of alkyl halides is 1. The molecule has 1 rings (SSSR count). The van der Waals surface area contributed by atoms with E-state index in [1.54, 1.807) is 0 Å². The van der Waals surface area contributed by atoms with Crippen molar-refractivity contribution >= 4 is 17.5 Å². The van der Waals surface area contributed by atoms with Crippen molar-refractivity contribution in [1.29, 1.82) is 0 Å².